The summed E-state index contributed by atoms with van der Waals surface area (Å²) in [4.78, 5) is 22.0. The molecule has 0 fully saturated rings. The first-order valence-electron chi connectivity index (χ1n) is 10.1. The van der Waals surface area contributed by atoms with Crippen LogP contribution in [0.15, 0.2) is 75.9 Å². The third-order valence-corrected chi connectivity index (χ3v) is 4.51. The van der Waals surface area contributed by atoms with Crippen LogP contribution in [0.2, 0.25) is 0 Å². The molecule has 0 radical (unpaired) electrons. The van der Waals surface area contributed by atoms with E-state index in [-0.39, 0.29) is 5.75 Å². The standard InChI is InChI=1S/C23H28N6O/c30-23-8-2-1-5-20(23)17-24-11-14-29(15-12-25-18-21-6-3-9-27-21)16-13-26-19-22-7-4-10-28-22/h1-10,17-19,27-28,30H,11-16H2. The molecule has 7 heteroatoms. The van der Waals surface area contributed by atoms with Crippen LogP contribution in [-0.4, -0.2) is 77.9 Å². The molecule has 0 spiro atoms. The number of H-pyrrole nitrogens is 2. The lowest BCUT2D eigenvalue weighted by Gasteiger charge is -2.19. The SMILES string of the molecule is Oc1ccccc1C=NCCN(CCN=Cc1ccc[nH]1)CCN=Cc1ccc[nH]1. The van der Waals surface area contributed by atoms with Crippen LogP contribution in [-0.2, 0) is 0 Å². The first-order valence-corrected chi connectivity index (χ1v) is 10.1. The zero-order chi connectivity index (χ0) is 20.9. The van der Waals surface area contributed by atoms with E-state index in [9.17, 15) is 5.11 Å². The van der Waals surface area contributed by atoms with Gasteiger partial charge in [0.1, 0.15) is 5.75 Å². The van der Waals surface area contributed by atoms with Gasteiger partial charge in [-0.2, -0.15) is 0 Å². The van der Waals surface area contributed by atoms with Crippen LogP contribution in [0, 0.1) is 0 Å². The molecule has 3 N–H and O–H groups in total. The van der Waals surface area contributed by atoms with Gasteiger partial charge in [-0.25, -0.2) is 0 Å². The molecular formula is C23H28N6O. The van der Waals surface area contributed by atoms with Gasteiger partial charge in [-0.3, -0.25) is 19.9 Å². The highest BCUT2D eigenvalue weighted by molar-refractivity contribution is 5.83. The highest BCUT2D eigenvalue weighted by Crippen LogP contribution is 2.12. The van der Waals surface area contributed by atoms with Gasteiger partial charge < -0.3 is 15.1 Å². The Kier molecular flexibility index (Phi) is 8.64. The van der Waals surface area contributed by atoms with E-state index < -0.39 is 0 Å². The normalized spacial score (nSPS) is 12.2. The largest absolute Gasteiger partial charge is 0.507 e. The van der Waals surface area contributed by atoms with Gasteiger partial charge in [0.05, 0.1) is 31.0 Å². The van der Waals surface area contributed by atoms with E-state index in [1.807, 2.05) is 61.2 Å². The van der Waals surface area contributed by atoms with Gasteiger partial charge in [-0.1, -0.05) is 12.1 Å². The number of nitrogens with zero attached hydrogens (tertiary/aromatic N) is 4. The van der Waals surface area contributed by atoms with E-state index in [1.165, 1.54) is 0 Å². The number of aromatic amines is 2. The Morgan fingerprint density at radius 2 is 1.23 bits per heavy atom. The van der Waals surface area contributed by atoms with E-state index in [1.54, 1.807) is 18.3 Å². The van der Waals surface area contributed by atoms with Crippen molar-refractivity contribution in [2.45, 2.75) is 0 Å². The summed E-state index contributed by atoms with van der Waals surface area (Å²) in [5, 5.41) is 9.82. The van der Waals surface area contributed by atoms with Crippen molar-refractivity contribution < 1.29 is 5.11 Å². The van der Waals surface area contributed by atoms with Crippen molar-refractivity contribution >= 4 is 18.6 Å². The molecule has 0 saturated heterocycles. The Hall–Kier alpha value is -3.45. The van der Waals surface area contributed by atoms with Crippen molar-refractivity contribution in [2.75, 3.05) is 39.3 Å². The molecule has 7 nitrogen and oxygen atoms in total. The van der Waals surface area contributed by atoms with E-state index in [2.05, 4.69) is 29.8 Å². The van der Waals surface area contributed by atoms with Crippen LogP contribution in [0.1, 0.15) is 17.0 Å². The second kappa shape index (κ2) is 12.2. The molecule has 1 aromatic carbocycles. The summed E-state index contributed by atoms with van der Waals surface area (Å²) in [5.74, 6) is 0.246. The predicted molar refractivity (Wildman–Crippen MR) is 124 cm³/mol. The number of phenols is 1. The second-order valence-electron chi connectivity index (χ2n) is 6.76. The quantitative estimate of drug-likeness (QED) is 0.405. The van der Waals surface area contributed by atoms with Crippen LogP contribution in [0.3, 0.4) is 0 Å². The molecule has 0 unspecified atom stereocenters. The Bertz CT molecular complexity index is 880. The molecule has 0 atom stereocenters. The summed E-state index contributed by atoms with van der Waals surface area (Å²) in [7, 11) is 0. The second-order valence-corrected chi connectivity index (χ2v) is 6.76. The highest BCUT2D eigenvalue weighted by atomic mass is 16.3. The van der Waals surface area contributed by atoms with E-state index in [0.29, 0.717) is 19.6 Å². The maximum Gasteiger partial charge on any atom is 0.124 e. The van der Waals surface area contributed by atoms with Crippen molar-refractivity contribution in [3.8, 4) is 5.75 Å². The fourth-order valence-corrected chi connectivity index (χ4v) is 2.87. The summed E-state index contributed by atoms with van der Waals surface area (Å²) < 4.78 is 0. The number of phenolic OH excluding ortho intramolecular Hbond substituents is 1. The van der Waals surface area contributed by atoms with Gasteiger partial charge in [-0.05, 0) is 36.4 Å². The van der Waals surface area contributed by atoms with E-state index in [0.717, 1.165) is 36.6 Å². The fraction of sp³-hybridized carbons (Fsp3) is 0.261. The highest BCUT2D eigenvalue weighted by Gasteiger charge is 2.03. The third kappa shape index (κ3) is 7.52. The van der Waals surface area contributed by atoms with Crippen molar-refractivity contribution in [1.82, 2.24) is 14.9 Å². The van der Waals surface area contributed by atoms with Crippen molar-refractivity contribution in [3.05, 3.63) is 77.9 Å². The van der Waals surface area contributed by atoms with Crippen LogP contribution < -0.4 is 0 Å². The number of aromatic hydroxyl groups is 1. The number of benzene rings is 1. The molecule has 0 amide bonds. The maximum absolute atomic E-state index is 9.82. The molecule has 156 valence electrons. The third-order valence-electron chi connectivity index (χ3n) is 4.51. The number of hydrogen-bond acceptors (Lipinski definition) is 5. The zero-order valence-electron chi connectivity index (χ0n) is 17.0. The number of para-hydroxylation sites is 1. The monoisotopic (exact) mass is 404 g/mol. The van der Waals surface area contributed by atoms with Crippen LogP contribution in [0.4, 0.5) is 0 Å². The Morgan fingerprint density at radius 3 is 1.73 bits per heavy atom. The van der Waals surface area contributed by atoms with E-state index in [4.69, 9.17) is 0 Å². The number of hydrogen-bond donors (Lipinski definition) is 3. The first-order chi connectivity index (χ1) is 14.8. The summed E-state index contributed by atoms with van der Waals surface area (Å²) in [6.45, 7) is 4.54. The minimum atomic E-state index is 0.246. The minimum absolute atomic E-state index is 0.246. The van der Waals surface area contributed by atoms with Crippen molar-refractivity contribution in [1.29, 1.82) is 0 Å². The predicted octanol–water partition coefficient (Wildman–Crippen LogP) is 3.01. The number of aliphatic imine (C=N–C) groups is 3. The molecule has 2 heterocycles. The van der Waals surface area contributed by atoms with Crippen LogP contribution >= 0.6 is 0 Å². The Morgan fingerprint density at radius 1 is 0.700 bits per heavy atom. The number of rotatable bonds is 12. The first kappa shape index (κ1) is 21.3. The molecule has 3 aromatic rings. The van der Waals surface area contributed by atoms with Gasteiger partial charge in [0.25, 0.3) is 0 Å². The fourth-order valence-electron chi connectivity index (χ4n) is 2.87. The average Bonchev–Trinajstić information content (AvgIpc) is 3.46. The van der Waals surface area contributed by atoms with Gasteiger partial charge in [0.15, 0.2) is 0 Å². The zero-order valence-corrected chi connectivity index (χ0v) is 17.0. The lowest BCUT2D eigenvalue weighted by molar-refractivity contribution is 0.298. The molecule has 30 heavy (non-hydrogen) atoms. The average molecular weight is 405 g/mol. The summed E-state index contributed by atoms with van der Waals surface area (Å²) in [6.07, 6.45) is 9.22. The van der Waals surface area contributed by atoms with Gasteiger partial charge >= 0.3 is 0 Å². The summed E-state index contributed by atoms with van der Waals surface area (Å²) >= 11 is 0. The molecule has 2 aromatic heterocycles. The Balaban J connectivity index is 1.47. The molecule has 3 rings (SSSR count). The molecule has 0 saturated carbocycles. The Labute approximate surface area is 176 Å². The van der Waals surface area contributed by atoms with E-state index >= 15 is 0 Å². The van der Waals surface area contributed by atoms with Crippen molar-refractivity contribution in [3.63, 3.8) is 0 Å². The lowest BCUT2D eigenvalue weighted by atomic mass is 10.2. The number of aromatic nitrogens is 2. The molecular weight excluding hydrogens is 376 g/mol. The molecule has 0 aliphatic rings. The topological polar surface area (TPSA) is 92.1 Å². The molecule has 0 bridgehead atoms. The smallest absolute Gasteiger partial charge is 0.124 e. The van der Waals surface area contributed by atoms with Crippen LogP contribution in [0.5, 0.6) is 5.75 Å². The van der Waals surface area contributed by atoms with Gasteiger partial charge in [-0.15, -0.1) is 0 Å². The van der Waals surface area contributed by atoms with Gasteiger partial charge in [0.2, 0.25) is 0 Å². The molecule has 0 aliphatic heterocycles. The van der Waals surface area contributed by atoms with Crippen LogP contribution in [0.25, 0.3) is 0 Å². The summed E-state index contributed by atoms with van der Waals surface area (Å²) in [6, 6.07) is 15.1. The summed E-state index contributed by atoms with van der Waals surface area (Å²) in [5.41, 5.74) is 2.74. The number of nitrogens with one attached hydrogen (secondary N) is 2. The maximum atomic E-state index is 9.82. The van der Waals surface area contributed by atoms with Gasteiger partial charge in [0, 0.05) is 56.2 Å². The minimum Gasteiger partial charge on any atom is -0.507 e. The lowest BCUT2D eigenvalue weighted by Crippen LogP contribution is -2.31. The molecule has 0 aliphatic carbocycles. The van der Waals surface area contributed by atoms with Crippen molar-refractivity contribution in [2.24, 2.45) is 15.0 Å².